The first-order chi connectivity index (χ1) is 13.5. The van der Waals surface area contributed by atoms with Gasteiger partial charge in [-0.2, -0.15) is 5.10 Å². The molecule has 0 fully saturated rings. The summed E-state index contributed by atoms with van der Waals surface area (Å²) in [6.07, 6.45) is 3.05. The van der Waals surface area contributed by atoms with Crippen LogP contribution in [-0.2, 0) is 0 Å². The summed E-state index contributed by atoms with van der Waals surface area (Å²) in [5.41, 5.74) is 5.17. The minimum absolute atomic E-state index is 0.192. The standard InChI is InChI=1S/C21H17ClN4O2/c1-14-5-7-15(8-6-14)13-24-26-20(27)17-12-16(22)9-10-18(17)25-21(28)19-4-2-3-11-23-19/h2-13H,1H3,(H,25,28)(H,26,27). The molecular weight excluding hydrogens is 376 g/mol. The smallest absolute Gasteiger partial charge is 0.274 e. The third-order valence-electron chi connectivity index (χ3n) is 3.83. The number of pyridine rings is 1. The van der Waals surface area contributed by atoms with Crippen molar-refractivity contribution < 1.29 is 9.59 Å². The van der Waals surface area contributed by atoms with Gasteiger partial charge >= 0.3 is 0 Å². The molecule has 140 valence electrons. The largest absolute Gasteiger partial charge is 0.320 e. The Labute approximate surface area is 167 Å². The zero-order chi connectivity index (χ0) is 19.9. The molecule has 0 aliphatic heterocycles. The average Bonchev–Trinajstić information content (AvgIpc) is 2.71. The number of carbonyl (C=O) groups excluding carboxylic acids is 2. The predicted octanol–water partition coefficient (Wildman–Crippen LogP) is 4.06. The minimum Gasteiger partial charge on any atom is -0.320 e. The highest BCUT2D eigenvalue weighted by molar-refractivity contribution is 6.31. The highest BCUT2D eigenvalue weighted by Crippen LogP contribution is 2.21. The third kappa shape index (κ3) is 5.02. The Balaban J connectivity index is 1.75. The lowest BCUT2D eigenvalue weighted by Gasteiger charge is -2.10. The number of aromatic nitrogens is 1. The van der Waals surface area contributed by atoms with Crippen molar-refractivity contribution in [2.24, 2.45) is 5.10 Å². The fraction of sp³-hybridized carbons (Fsp3) is 0.0476. The number of anilines is 1. The maximum Gasteiger partial charge on any atom is 0.274 e. The molecule has 0 spiro atoms. The molecule has 28 heavy (non-hydrogen) atoms. The van der Waals surface area contributed by atoms with Crippen LogP contribution in [-0.4, -0.2) is 23.0 Å². The Hall–Kier alpha value is -3.51. The first-order valence-electron chi connectivity index (χ1n) is 8.45. The number of hydrogen-bond acceptors (Lipinski definition) is 4. The molecule has 0 saturated carbocycles. The van der Waals surface area contributed by atoms with E-state index in [9.17, 15) is 9.59 Å². The van der Waals surface area contributed by atoms with Crippen LogP contribution in [0.2, 0.25) is 5.02 Å². The Morgan fingerprint density at radius 2 is 1.82 bits per heavy atom. The zero-order valence-corrected chi connectivity index (χ0v) is 15.8. The summed E-state index contributed by atoms with van der Waals surface area (Å²) in [6.45, 7) is 1.99. The number of nitrogens with one attached hydrogen (secondary N) is 2. The van der Waals surface area contributed by atoms with Gasteiger partial charge < -0.3 is 5.32 Å². The Morgan fingerprint density at radius 3 is 2.54 bits per heavy atom. The number of hydrazone groups is 1. The minimum atomic E-state index is -0.498. The van der Waals surface area contributed by atoms with E-state index in [1.807, 2.05) is 31.2 Å². The lowest BCUT2D eigenvalue weighted by Crippen LogP contribution is -2.21. The predicted molar refractivity (Wildman–Crippen MR) is 110 cm³/mol. The molecule has 2 N–H and O–H groups in total. The lowest BCUT2D eigenvalue weighted by molar-refractivity contribution is 0.0956. The second-order valence-electron chi connectivity index (χ2n) is 5.97. The Morgan fingerprint density at radius 1 is 1.04 bits per heavy atom. The Bertz CT molecular complexity index is 1020. The molecule has 7 heteroatoms. The van der Waals surface area contributed by atoms with Gasteiger partial charge in [0.15, 0.2) is 0 Å². The molecule has 1 aromatic heterocycles. The van der Waals surface area contributed by atoms with Crippen LogP contribution in [0.25, 0.3) is 0 Å². The van der Waals surface area contributed by atoms with Gasteiger partial charge in [-0.15, -0.1) is 0 Å². The van der Waals surface area contributed by atoms with Crippen molar-refractivity contribution >= 4 is 35.3 Å². The fourth-order valence-electron chi connectivity index (χ4n) is 2.37. The number of halogens is 1. The van der Waals surface area contributed by atoms with Crippen LogP contribution < -0.4 is 10.7 Å². The van der Waals surface area contributed by atoms with Crippen molar-refractivity contribution in [1.29, 1.82) is 0 Å². The highest BCUT2D eigenvalue weighted by atomic mass is 35.5. The van der Waals surface area contributed by atoms with Crippen LogP contribution in [0.4, 0.5) is 5.69 Å². The molecule has 0 bridgehead atoms. The average molecular weight is 393 g/mol. The van der Waals surface area contributed by atoms with Gasteiger partial charge in [-0.25, -0.2) is 5.43 Å². The normalized spacial score (nSPS) is 10.6. The molecule has 3 aromatic rings. The van der Waals surface area contributed by atoms with Crippen molar-refractivity contribution in [3.63, 3.8) is 0 Å². The highest BCUT2D eigenvalue weighted by Gasteiger charge is 2.15. The van der Waals surface area contributed by atoms with Gasteiger partial charge in [0.1, 0.15) is 5.69 Å². The number of nitrogens with zero attached hydrogens (tertiary/aromatic N) is 2. The van der Waals surface area contributed by atoms with Crippen molar-refractivity contribution in [1.82, 2.24) is 10.4 Å². The Kier molecular flexibility index (Phi) is 6.14. The summed E-state index contributed by atoms with van der Waals surface area (Å²) in [5.74, 6) is -0.928. The maximum absolute atomic E-state index is 12.5. The van der Waals surface area contributed by atoms with Gasteiger partial charge in [0.25, 0.3) is 11.8 Å². The third-order valence-corrected chi connectivity index (χ3v) is 4.06. The van der Waals surface area contributed by atoms with Gasteiger partial charge in [0, 0.05) is 11.2 Å². The van der Waals surface area contributed by atoms with Gasteiger partial charge in [0.2, 0.25) is 0 Å². The summed E-state index contributed by atoms with van der Waals surface area (Å²) < 4.78 is 0. The van der Waals surface area contributed by atoms with Gasteiger partial charge in [-0.3, -0.25) is 14.6 Å². The molecule has 2 amide bonds. The lowest BCUT2D eigenvalue weighted by atomic mass is 10.1. The number of aryl methyl sites for hydroxylation is 1. The van der Waals surface area contributed by atoms with Crippen molar-refractivity contribution in [3.8, 4) is 0 Å². The monoisotopic (exact) mass is 392 g/mol. The van der Waals surface area contributed by atoms with Gasteiger partial charge in [-0.1, -0.05) is 47.5 Å². The molecule has 1 heterocycles. The molecule has 6 nitrogen and oxygen atoms in total. The van der Waals surface area contributed by atoms with E-state index in [1.54, 1.807) is 30.3 Å². The molecule has 0 saturated heterocycles. The molecule has 2 aromatic carbocycles. The maximum atomic E-state index is 12.5. The molecule has 0 unspecified atom stereocenters. The SMILES string of the molecule is Cc1ccc(C=NNC(=O)c2cc(Cl)ccc2NC(=O)c2ccccn2)cc1. The summed E-state index contributed by atoms with van der Waals surface area (Å²) in [6, 6.07) is 17.3. The van der Waals surface area contributed by atoms with Crippen LogP contribution in [0.3, 0.4) is 0 Å². The van der Waals surface area contributed by atoms with E-state index in [-0.39, 0.29) is 11.3 Å². The summed E-state index contributed by atoms with van der Waals surface area (Å²) in [5, 5.41) is 7.00. The summed E-state index contributed by atoms with van der Waals surface area (Å²) in [7, 11) is 0. The van der Waals surface area contributed by atoms with Crippen LogP contribution in [0.15, 0.2) is 72.0 Å². The van der Waals surface area contributed by atoms with Crippen molar-refractivity contribution in [2.75, 3.05) is 5.32 Å². The summed E-state index contributed by atoms with van der Waals surface area (Å²) in [4.78, 5) is 28.9. The molecule has 3 rings (SSSR count). The van der Waals surface area contributed by atoms with Gasteiger partial charge in [-0.05, 0) is 42.8 Å². The molecule has 0 atom stereocenters. The first kappa shape index (κ1) is 19.3. The van der Waals surface area contributed by atoms with E-state index in [0.29, 0.717) is 10.7 Å². The zero-order valence-electron chi connectivity index (χ0n) is 15.0. The van der Waals surface area contributed by atoms with Gasteiger partial charge in [0.05, 0.1) is 17.5 Å². The van der Waals surface area contributed by atoms with E-state index in [1.165, 1.54) is 18.5 Å². The number of amides is 2. The quantitative estimate of drug-likeness (QED) is 0.507. The van der Waals surface area contributed by atoms with Crippen LogP contribution in [0, 0.1) is 6.92 Å². The second-order valence-corrected chi connectivity index (χ2v) is 6.41. The van der Waals surface area contributed by atoms with E-state index in [0.717, 1.165) is 11.1 Å². The second kappa shape index (κ2) is 8.92. The van der Waals surface area contributed by atoms with Crippen molar-refractivity contribution in [2.45, 2.75) is 6.92 Å². The molecule has 0 radical (unpaired) electrons. The van der Waals surface area contributed by atoms with Crippen LogP contribution in [0.5, 0.6) is 0 Å². The molecule has 0 aliphatic rings. The topological polar surface area (TPSA) is 83.5 Å². The number of benzene rings is 2. The molecule has 0 aliphatic carbocycles. The van der Waals surface area contributed by atoms with Crippen molar-refractivity contribution in [3.05, 3.63) is 94.3 Å². The summed E-state index contributed by atoms with van der Waals surface area (Å²) >= 11 is 6.02. The van der Waals surface area contributed by atoms with Crippen LogP contribution in [0.1, 0.15) is 32.0 Å². The fourth-order valence-corrected chi connectivity index (χ4v) is 2.55. The van der Waals surface area contributed by atoms with Crippen LogP contribution >= 0.6 is 11.6 Å². The van der Waals surface area contributed by atoms with E-state index in [4.69, 9.17) is 11.6 Å². The first-order valence-corrected chi connectivity index (χ1v) is 8.83. The van der Waals surface area contributed by atoms with E-state index >= 15 is 0 Å². The number of rotatable bonds is 5. The number of hydrogen-bond donors (Lipinski definition) is 2. The van der Waals surface area contributed by atoms with E-state index in [2.05, 4.69) is 20.8 Å². The molecular formula is C21H17ClN4O2. The van der Waals surface area contributed by atoms with E-state index < -0.39 is 11.8 Å². The number of carbonyl (C=O) groups is 2.